The van der Waals surface area contributed by atoms with Crippen LogP contribution in [0.5, 0.6) is 40.2 Å². The molecule has 10 nitrogen and oxygen atoms in total. The van der Waals surface area contributed by atoms with Gasteiger partial charge in [-0.25, -0.2) is 0 Å². The number of carbonyl (C=O) groups is 3. The summed E-state index contributed by atoms with van der Waals surface area (Å²) in [6.07, 6.45) is 0. The van der Waals surface area contributed by atoms with Gasteiger partial charge in [-0.1, -0.05) is 0 Å². The quantitative estimate of drug-likeness (QED) is 0.440. The van der Waals surface area contributed by atoms with E-state index < -0.39 is 17.9 Å². The van der Waals surface area contributed by atoms with E-state index in [1.165, 1.54) is 55.3 Å². The average Bonchev–Trinajstić information content (AvgIpc) is 2.73. The summed E-state index contributed by atoms with van der Waals surface area (Å²) in [5.41, 5.74) is 0.771. The van der Waals surface area contributed by atoms with E-state index in [1.807, 2.05) is 0 Å². The van der Waals surface area contributed by atoms with Gasteiger partial charge in [0.25, 0.3) is 0 Å². The molecule has 10 heteroatoms. The van der Waals surface area contributed by atoms with Gasteiger partial charge >= 0.3 is 17.9 Å². The predicted molar refractivity (Wildman–Crippen MR) is 112 cm³/mol. The first-order valence-electron chi connectivity index (χ1n) is 9.27. The smallest absolute Gasteiger partial charge is 0.308 e. The van der Waals surface area contributed by atoms with Gasteiger partial charge in [0.15, 0.2) is 23.0 Å². The predicted octanol–water partition coefficient (Wildman–Crippen LogP) is 3.16. The first-order valence-corrected chi connectivity index (χ1v) is 9.27. The molecule has 0 fully saturated rings. The van der Waals surface area contributed by atoms with Crippen LogP contribution in [0.15, 0.2) is 18.2 Å². The summed E-state index contributed by atoms with van der Waals surface area (Å²) in [5.74, 6) is -1.36. The number of hydrogen-bond donors (Lipinski definition) is 0. The molecule has 32 heavy (non-hydrogen) atoms. The largest absolute Gasteiger partial charge is 0.493 e. The van der Waals surface area contributed by atoms with Crippen LogP contribution in [0.1, 0.15) is 20.8 Å². The lowest BCUT2D eigenvalue weighted by Crippen LogP contribution is -2.09. The van der Waals surface area contributed by atoms with Gasteiger partial charge in [0.2, 0.25) is 17.2 Å². The third kappa shape index (κ3) is 5.20. The lowest BCUT2D eigenvalue weighted by Gasteiger charge is -2.20. The molecule has 2 rings (SSSR count). The van der Waals surface area contributed by atoms with Crippen molar-refractivity contribution < 1.29 is 47.5 Å². The summed E-state index contributed by atoms with van der Waals surface area (Å²) in [6.45, 7) is 3.67. The highest BCUT2D eigenvalue weighted by atomic mass is 16.6. The van der Waals surface area contributed by atoms with Crippen LogP contribution in [0.3, 0.4) is 0 Å². The summed E-state index contributed by atoms with van der Waals surface area (Å²) < 4.78 is 37.4. The molecule has 0 N–H and O–H groups in total. The highest BCUT2D eigenvalue weighted by Gasteiger charge is 2.27. The lowest BCUT2D eigenvalue weighted by atomic mass is 10.0. The van der Waals surface area contributed by atoms with Crippen molar-refractivity contribution in [3.63, 3.8) is 0 Å². The van der Waals surface area contributed by atoms with E-state index in [2.05, 4.69) is 0 Å². The summed E-state index contributed by atoms with van der Waals surface area (Å²) in [5, 5.41) is 0. The van der Waals surface area contributed by atoms with Crippen molar-refractivity contribution in [1.29, 1.82) is 0 Å². The molecule has 172 valence electrons. The van der Waals surface area contributed by atoms with Crippen LogP contribution in [0.4, 0.5) is 0 Å². The Morgan fingerprint density at radius 1 is 0.531 bits per heavy atom. The molecule has 0 bridgehead atoms. The van der Waals surface area contributed by atoms with E-state index in [0.29, 0.717) is 11.1 Å². The van der Waals surface area contributed by atoms with Crippen molar-refractivity contribution in [1.82, 2.24) is 0 Å². The van der Waals surface area contributed by atoms with Crippen molar-refractivity contribution >= 4 is 17.9 Å². The summed E-state index contributed by atoms with van der Waals surface area (Å²) in [6, 6.07) is 4.60. The summed E-state index contributed by atoms with van der Waals surface area (Å²) >= 11 is 0. The minimum atomic E-state index is -0.640. The van der Waals surface area contributed by atoms with Gasteiger partial charge in [0, 0.05) is 26.3 Å². The van der Waals surface area contributed by atoms with Crippen LogP contribution in [-0.2, 0) is 14.4 Å². The molecule has 0 aromatic heterocycles. The fourth-order valence-corrected chi connectivity index (χ4v) is 2.92. The third-order valence-electron chi connectivity index (χ3n) is 4.09. The minimum absolute atomic E-state index is 0.0265. The molecule has 2 aromatic rings. The molecule has 0 aliphatic heterocycles. The molecular formula is C22H24O10. The van der Waals surface area contributed by atoms with E-state index in [0.717, 1.165) is 0 Å². The summed E-state index contributed by atoms with van der Waals surface area (Å²) in [7, 11) is 5.48. The van der Waals surface area contributed by atoms with Crippen molar-refractivity contribution in [2.75, 3.05) is 28.4 Å². The molecule has 0 saturated heterocycles. The Hall–Kier alpha value is -3.95. The standard InChI is InChI=1S/C22H24O10/c1-11(23)30-19-15(10-18(28-6)21(22(19)29-7)32-13(3)25)14-8-16(26-4)20(31-12(2)24)17(9-14)27-5/h8-10H,1-7H3. The molecule has 0 amide bonds. The first-order chi connectivity index (χ1) is 15.2. The second kappa shape index (κ2) is 10.4. The maximum Gasteiger partial charge on any atom is 0.308 e. The number of hydrogen-bond acceptors (Lipinski definition) is 10. The minimum Gasteiger partial charge on any atom is -0.493 e. The van der Waals surface area contributed by atoms with Crippen LogP contribution in [-0.4, -0.2) is 46.3 Å². The Bertz CT molecular complexity index is 1020. The maximum absolute atomic E-state index is 11.9. The SMILES string of the molecule is COc1cc(-c2cc(OC)c(OC(C)=O)c(OC)c2OC(C)=O)cc(OC)c1OC(C)=O. The Kier molecular flexibility index (Phi) is 7.89. The van der Waals surface area contributed by atoms with Crippen molar-refractivity contribution in [3.05, 3.63) is 18.2 Å². The van der Waals surface area contributed by atoms with Gasteiger partial charge in [-0.3, -0.25) is 14.4 Å². The number of benzene rings is 2. The van der Waals surface area contributed by atoms with E-state index in [4.69, 9.17) is 33.2 Å². The fraction of sp³-hybridized carbons (Fsp3) is 0.318. The number of ether oxygens (including phenoxy) is 7. The van der Waals surface area contributed by atoms with E-state index in [1.54, 1.807) is 12.1 Å². The monoisotopic (exact) mass is 448 g/mol. The number of esters is 3. The molecule has 0 aliphatic rings. The van der Waals surface area contributed by atoms with Gasteiger partial charge in [0.05, 0.1) is 28.4 Å². The molecule has 0 aliphatic carbocycles. The maximum atomic E-state index is 11.9. The molecule has 0 atom stereocenters. The van der Waals surface area contributed by atoms with Gasteiger partial charge in [0.1, 0.15) is 0 Å². The highest BCUT2D eigenvalue weighted by Crippen LogP contribution is 2.52. The van der Waals surface area contributed by atoms with Gasteiger partial charge in [-0.2, -0.15) is 0 Å². The number of methoxy groups -OCH3 is 4. The average molecular weight is 448 g/mol. The van der Waals surface area contributed by atoms with E-state index in [9.17, 15) is 14.4 Å². The van der Waals surface area contributed by atoms with Crippen LogP contribution < -0.4 is 33.2 Å². The zero-order valence-corrected chi connectivity index (χ0v) is 18.8. The van der Waals surface area contributed by atoms with Crippen LogP contribution in [0, 0.1) is 0 Å². The molecule has 2 aromatic carbocycles. The van der Waals surface area contributed by atoms with Crippen LogP contribution in [0.2, 0.25) is 0 Å². The third-order valence-corrected chi connectivity index (χ3v) is 4.09. The number of rotatable bonds is 8. The van der Waals surface area contributed by atoms with E-state index in [-0.39, 0.29) is 40.2 Å². The molecule has 0 heterocycles. The Labute approximate surface area is 184 Å². The topological polar surface area (TPSA) is 116 Å². The first kappa shape index (κ1) is 24.3. The zero-order chi connectivity index (χ0) is 24.0. The van der Waals surface area contributed by atoms with E-state index >= 15 is 0 Å². The number of carbonyl (C=O) groups excluding carboxylic acids is 3. The normalized spacial score (nSPS) is 10.1. The molecule has 0 unspecified atom stereocenters. The van der Waals surface area contributed by atoms with Crippen molar-refractivity contribution in [2.24, 2.45) is 0 Å². The fourth-order valence-electron chi connectivity index (χ4n) is 2.92. The second-order valence-electron chi connectivity index (χ2n) is 6.31. The van der Waals surface area contributed by atoms with Gasteiger partial charge in [-0.05, 0) is 23.8 Å². The Morgan fingerprint density at radius 3 is 1.34 bits per heavy atom. The van der Waals surface area contributed by atoms with Crippen LogP contribution in [0.25, 0.3) is 11.1 Å². The highest BCUT2D eigenvalue weighted by molar-refractivity contribution is 5.86. The molecule has 0 spiro atoms. The van der Waals surface area contributed by atoms with Crippen molar-refractivity contribution in [3.8, 4) is 51.4 Å². The Balaban J connectivity index is 2.90. The van der Waals surface area contributed by atoms with Crippen molar-refractivity contribution in [2.45, 2.75) is 20.8 Å². The summed E-state index contributed by atoms with van der Waals surface area (Å²) in [4.78, 5) is 35.0. The second-order valence-corrected chi connectivity index (χ2v) is 6.31. The molecule has 0 radical (unpaired) electrons. The van der Waals surface area contributed by atoms with Crippen LogP contribution >= 0.6 is 0 Å². The van der Waals surface area contributed by atoms with Gasteiger partial charge in [-0.15, -0.1) is 0 Å². The lowest BCUT2D eigenvalue weighted by molar-refractivity contribution is -0.133. The zero-order valence-electron chi connectivity index (χ0n) is 18.8. The molecular weight excluding hydrogens is 424 g/mol. The molecule has 0 saturated carbocycles. The Morgan fingerprint density at radius 2 is 0.938 bits per heavy atom. The van der Waals surface area contributed by atoms with Gasteiger partial charge < -0.3 is 33.2 Å².